The second-order valence-corrected chi connectivity index (χ2v) is 5.55. The molecule has 1 amide bonds. The molecule has 1 fully saturated rings. The highest BCUT2D eigenvalue weighted by Gasteiger charge is 2.30. The summed E-state index contributed by atoms with van der Waals surface area (Å²) < 4.78 is 5.30. The maximum Gasteiger partial charge on any atom is 0.410 e. The number of likely N-dealkylation sites (tertiary alicyclic amines) is 1. The monoisotopic (exact) mass is 224 g/mol. The Labute approximate surface area is 97.2 Å². The Morgan fingerprint density at radius 2 is 2.06 bits per heavy atom. The molecule has 0 aromatic rings. The molecule has 1 saturated heterocycles. The zero-order valence-corrected chi connectivity index (χ0v) is 10.5. The molecule has 0 aromatic heterocycles. The van der Waals surface area contributed by atoms with Crippen LogP contribution in [-0.4, -0.2) is 29.7 Å². The maximum absolute atomic E-state index is 11.8. The van der Waals surface area contributed by atoms with E-state index in [-0.39, 0.29) is 12.0 Å². The summed E-state index contributed by atoms with van der Waals surface area (Å²) in [6.07, 6.45) is 0.565. The molecule has 0 aromatic carbocycles. The highest BCUT2D eigenvalue weighted by molar-refractivity contribution is 5.68. The van der Waals surface area contributed by atoms with Gasteiger partial charge in [0.25, 0.3) is 0 Å². The van der Waals surface area contributed by atoms with Crippen molar-refractivity contribution < 1.29 is 9.53 Å². The van der Waals surface area contributed by atoms with Crippen LogP contribution >= 0.6 is 0 Å². The first kappa shape index (κ1) is 12.8. The minimum atomic E-state index is -0.472. The molecule has 0 unspecified atom stereocenters. The van der Waals surface area contributed by atoms with Crippen LogP contribution < -0.4 is 0 Å². The molecule has 0 saturated carbocycles. The van der Waals surface area contributed by atoms with Gasteiger partial charge in [0.05, 0.1) is 12.0 Å². The molecule has 1 aliphatic rings. The van der Waals surface area contributed by atoms with Gasteiger partial charge < -0.3 is 9.64 Å². The van der Waals surface area contributed by atoms with Crippen molar-refractivity contribution in [2.24, 2.45) is 11.8 Å². The number of nitriles is 1. The summed E-state index contributed by atoms with van der Waals surface area (Å²) in [5, 5.41) is 8.91. The molecule has 0 radical (unpaired) electrons. The Balaban J connectivity index is 2.59. The second-order valence-electron chi connectivity index (χ2n) is 5.55. The number of amides is 1. The van der Waals surface area contributed by atoms with E-state index in [0.29, 0.717) is 19.0 Å². The minimum absolute atomic E-state index is 0.0590. The quantitative estimate of drug-likeness (QED) is 0.635. The number of nitrogens with zero attached hydrogens (tertiary/aromatic N) is 2. The van der Waals surface area contributed by atoms with E-state index >= 15 is 0 Å². The lowest BCUT2D eigenvalue weighted by atomic mass is 9.92. The Bertz CT molecular complexity index is 301. The number of carbonyl (C=O) groups is 1. The van der Waals surface area contributed by atoms with Gasteiger partial charge in [0.1, 0.15) is 5.60 Å². The molecule has 1 rings (SSSR count). The molecular formula is C12H20N2O2. The van der Waals surface area contributed by atoms with Crippen LogP contribution in [0.15, 0.2) is 0 Å². The molecule has 2 atom stereocenters. The van der Waals surface area contributed by atoms with E-state index in [1.165, 1.54) is 0 Å². The zero-order chi connectivity index (χ0) is 12.3. The fourth-order valence-electron chi connectivity index (χ4n) is 1.92. The van der Waals surface area contributed by atoms with Crippen LogP contribution in [0, 0.1) is 23.2 Å². The lowest BCUT2D eigenvalue weighted by Crippen LogP contribution is -2.45. The first-order chi connectivity index (χ1) is 7.31. The van der Waals surface area contributed by atoms with Crippen molar-refractivity contribution in [2.45, 2.75) is 39.7 Å². The van der Waals surface area contributed by atoms with Crippen LogP contribution in [0.25, 0.3) is 0 Å². The van der Waals surface area contributed by atoms with Gasteiger partial charge in [-0.1, -0.05) is 6.92 Å². The van der Waals surface area contributed by atoms with E-state index in [1.54, 1.807) is 4.90 Å². The number of hydrogen-bond donors (Lipinski definition) is 0. The average Bonchev–Trinajstić information content (AvgIpc) is 2.14. The summed E-state index contributed by atoms with van der Waals surface area (Å²) in [5.74, 6) is 0.308. The standard InChI is InChI=1S/C12H20N2O2/c1-9-5-10(6-13)8-14(7-9)11(15)16-12(2,3)4/h9-10H,5,7-8H2,1-4H3/t9-,10-/m0/s1. The van der Waals surface area contributed by atoms with Gasteiger partial charge in [-0.3, -0.25) is 0 Å². The molecule has 0 aliphatic carbocycles. The highest BCUT2D eigenvalue weighted by atomic mass is 16.6. The SMILES string of the molecule is C[C@H]1C[C@@H](C#N)CN(C(=O)OC(C)(C)C)C1. The molecule has 90 valence electrons. The van der Waals surface area contributed by atoms with E-state index in [9.17, 15) is 4.79 Å². The van der Waals surface area contributed by atoms with Crippen LogP contribution in [0.3, 0.4) is 0 Å². The lowest BCUT2D eigenvalue weighted by molar-refractivity contribution is 0.0140. The molecular weight excluding hydrogens is 204 g/mol. The third kappa shape index (κ3) is 3.73. The minimum Gasteiger partial charge on any atom is -0.444 e. The molecule has 1 heterocycles. The van der Waals surface area contributed by atoms with Gasteiger partial charge in [-0.2, -0.15) is 5.26 Å². The van der Waals surface area contributed by atoms with Crippen molar-refractivity contribution in [3.05, 3.63) is 0 Å². The fourth-order valence-corrected chi connectivity index (χ4v) is 1.92. The van der Waals surface area contributed by atoms with E-state index < -0.39 is 5.60 Å². The number of rotatable bonds is 0. The topological polar surface area (TPSA) is 53.3 Å². The largest absolute Gasteiger partial charge is 0.444 e. The normalized spacial score (nSPS) is 26.1. The van der Waals surface area contributed by atoms with E-state index in [1.807, 2.05) is 20.8 Å². The number of piperidine rings is 1. The van der Waals surface area contributed by atoms with Crippen LogP contribution in [0.5, 0.6) is 0 Å². The summed E-state index contributed by atoms with van der Waals surface area (Å²) in [6, 6.07) is 2.23. The van der Waals surface area contributed by atoms with Gasteiger partial charge in [-0.05, 0) is 33.1 Å². The first-order valence-corrected chi connectivity index (χ1v) is 5.69. The smallest absolute Gasteiger partial charge is 0.410 e. The van der Waals surface area contributed by atoms with E-state index in [0.717, 1.165) is 6.42 Å². The summed E-state index contributed by atoms with van der Waals surface area (Å²) in [4.78, 5) is 13.5. The number of carbonyl (C=O) groups excluding carboxylic acids is 1. The first-order valence-electron chi connectivity index (χ1n) is 5.69. The molecule has 1 aliphatic heterocycles. The Morgan fingerprint density at radius 1 is 1.44 bits per heavy atom. The molecule has 0 bridgehead atoms. The Morgan fingerprint density at radius 3 is 2.56 bits per heavy atom. The second kappa shape index (κ2) is 4.73. The Kier molecular flexibility index (Phi) is 3.79. The fraction of sp³-hybridized carbons (Fsp3) is 0.833. The number of hydrogen-bond acceptors (Lipinski definition) is 3. The molecule has 4 heteroatoms. The summed E-state index contributed by atoms with van der Waals surface area (Å²) in [7, 11) is 0. The Hall–Kier alpha value is -1.24. The van der Waals surface area contributed by atoms with Crippen molar-refractivity contribution in [3.63, 3.8) is 0 Å². The van der Waals surface area contributed by atoms with Gasteiger partial charge in [-0.15, -0.1) is 0 Å². The summed E-state index contributed by atoms with van der Waals surface area (Å²) in [6.45, 7) is 8.78. The van der Waals surface area contributed by atoms with Gasteiger partial charge in [0, 0.05) is 13.1 Å². The number of ether oxygens (including phenoxy) is 1. The maximum atomic E-state index is 11.8. The third-order valence-electron chi connectivity index (χ3n) is 2.49. The van der Waals surface area contributed by atoms with Crippen LogP contribution in [0.4, 0.5) is 4.79 Å². The predicted molar refractivity (Wildman–Crippen MR) is 60.7 cm³/mol. The van der Waals surface area contributed by atoms with Crippen molar-refractivity contribution in [3.8, 4) is 6.07 Å². The highest BCUT2D eigenvalue weighted by Crippen LogP contribution is 2.22. The zero-order valence-electron chi connectivity index (χ0n) is 10.5. The van der Waals surface area contributed by atoms with E-state index in [4.69, 9.17) is 10.00 Å². The van der Waals surface area contributed by atoms with Crippen LogP contribution in [-0.2, 0) is 4.74 Å². The predicted octanol–water partition coefficient (Wildman–Crippen LogP) is 2.40. The van der Waals surface area contributed by atoms with Crippen LogP contribution in [0.2, 0.25) is 0 Å². The van der Waals surface area contributed by atoms with Gasteiger partial charge >= 0.3 is 6.09 Å². The van der Waals surface area contributed by atoms with Crippen molar-refractivity contribution in [2.75, 3.05) is 13.1 Å². The van der Waals surface area contributed by atoms with Gasteiger partial charge in [-0.25, -0.2) is 4.79 Å². The molecule has 4 nitrogen and oxygen atoms in total. The van der Waals surface area contributed by atoms with E-state index in [2.05, 4.69) is 13.0 Å². The summed E-state index contributed by atoms with van der Waals surface area (Å²) in [5.41, 5.74) is -0.472. The van der Waals surface area contributed by atoms with Crippen LogP contribution in [0.1, 0.15) is 34.1 Å². The van der Waals surface area contributed by atoms with Gasteiger partial charge in [0.15, 0.2) is 0 Å². The third-order valence-corrected chi connectivity index (χ3v) is 2.49. The van der Waals surface area contributed by atoms with Crippen molar-refractivity contribution in [1.82, 2.24) is 4.90 Å². The molecule has 0 N–H and O–H groups in total. The average molecular weight is 224 g/mol. The summed E-state index contributed by atoms with van der Waals surface area (Å²) >= 11 is 0. The molecule has 16 heavy (non-hydrogen) atoms. The molecule has 0 spiro atoms. The van der Waals surface area contributed by atoms with Gasteiger partial charge in [0.2, 0.25) is 0 Å². The van der Waals surface area contributed by atoms with Crippen molar-refractivity contribution >= 4 is 6.09 Å². The lowest BCUT2D eigenvalue weighted by Gasteiger charge is -2.34. The van der Waals surface area contributed by atoms with Crippen molar-refractivity contribution in [1.29, 1.82) is 5.26 Å².